The van der Waals surface area contributed by atoms with Crippen molar-refractivity contribution in [3.63, 3.8) is 0 Å². The predicted molar refractivity (Wildman–Crippen MR) is 71.3 cm³/mol. The van der Waals surface area contributed by atoms with Crippen molar-refractivity contribution >= 4 is 22.5 Å². The first-order chi connectivity index (χ1) is 8.20. The number of benzene rings is 1. The number of rotatable bonds is 5. The van der Waals surface area contributed by atoms with E-state index in [4.69, 9.17) is 11.6 Å². The summed E-state index contributed by atoms with van der Waals surface area (Å²) in [6, 6.07) is 5.82. The van der Waals surface area contributed by atoms with Gasteiger partial charge in [-0.2, -0.15) is 0 Å². The maximum atomic E-state index is 9.45. The molecule has 2 rings (SSSR count). The molecular formula is C13H17ClN2O. The summed E-state index contributed by atoms with van der Waals surface area (Å²) in [5, 5.41) is 14.6. The third-order valence-corrected chi connectivity index (χ3v) is 3.13. The number of hydrogen-bond donors (Lipinski definition) is 3. The molecule has 0 aliphatic heterocycles. The lowest BCUT2D eigenvalue weighted by atomic mass is 10.1. The van der Waals surface area contributed by atoms with Crippen LogP contribution in [0.2, 0.25) is 5.02 Å². The summed E-state index contributed by atoms with van der Waals surface area (Å²) in [6.07, 6.45) is 2.48. The van der Waals surface area contributed by atoms with Crippen LogP contribution in [0, 0.1) is 0 Å². The van der Waals surface area contributed by atoms with Gasteiger partial charge in [0.15, 0.2) is 0 Å². The molecule has 92 valence electrons. The highest BCUT2D eigenvalue weighted by Crippen LogP contribution is 2.21. The molecule has 0 radical (unpaired) electrons. The van der Waals surface area contributed by atoms with Gasteiger partial charge in [-0.05, 0) is 24.1 Å². The van der Waals surface area contributed by atoms with Crippen molar-refractivity contribution in [2.45, 2.75) is 26.0 Å². The lowest BCUT2D eigenvalue weighted by Crippen LogP contribution is -2.25. The number of aromatic nitrogens is 1. The van der Waals surface area contributed by atoms with Crippen molar-refractivity contribution in [3.8, 4) is 0 Å². The first kappa shape index (κ1) is 12.4. The van der Waals surface area contributed by atoms with Gasteiger partial charge in [0.25, 0.3) is 0 Å². The van der Waals surface area contributed by atoms with Crippen LogP contribution in [0.15, 0.2) is 24.4 Å². The maximum absolute atomic E-state index is 9.45. The van der Waals surface area contributed by atoms with E-state index in [0.29, 0.717) is 6.54 Å². The standard InChI is InChI=1S/C13H17ClN2O/c1-2-11(17)8-15-6-9-7-16-13-5-10(14)3-4-12(9)13/h3-5,7,11,15-17H,2,6,8H2,1H3. The number of nitrogens with one attached hydrogen (secondary N) is 2. The Labute approximate surface area is 106 Å². The Bertz CT molecular complexity index is 495. The highest BCUT2D eigenvalue weighted by molar-refractivity contribution is 6.31. The lowest BCUT2D eigenvalue weighted by Gasteiger charge is -2.08. The van der Waals surface area contributed by atoms with Crippen LogP contribution in [-0.2, 0) is 6.54 Å². The highest BCUT2D eigenvalue weighted by Gasteiger charge is 2.05. The minimum atomic E-state index is -0.269. The number of H-pyrrole nitrogens is 1. The molecule has 1 atom stereocenters. The molecule has 3 nitrogen and oxygen atoms in total. The SMILES string of the molecule is CCC(O)CNCc1c[nH]c2cc(Cl)ccc12. The smallest absolute Gasteiger partial charge is 0.0662 e. The van der Waals surface area contributed by atoms with Crippen LogP contribution >= 0.6 is 11.6 Å². The maximum Gasteiger partial charge on any atom is 0.0662 e. The Balaban J connectivity index is 2.04. The van der Waals surface area contributed by atoms with Crippen molar-refractivity contribution in [3.05, 3.63) is 35.0 Å². The van der Waals surface area contributed by atoms with Gasteiger partial charge < -0.3 is 15.4 Å². The van der Waals surface area contributed by atoms with E-state index in [0.717, 1.165) is 23.5 Å². The van der Waals surface area contributed by atoms with E-state index in [2.05, 4.69) is 10.3 Å². The quantitative estimate of drug-likeness (QED) is 0.766. The number of aliphatic hydroxyl groups is 1. The molecule has 0 aliphatic rings. The van der Waals surface area contributed by atoms with Crippen LogP contribution in [0.5, 0.6) is 0 Å². The van der Waals surface area contributed by atoms with Crippen LogP contribution in [-0.4, -0.2) is 22.7 Å². The first-order valence-corrected chi connectivity index (χ1v) is 6.22. The second-order valence-electron chi connectivity index (χ2n) is 4.20. The zero-order valence-corrected chi connectivity index (χ0v) is 10.6. The molecule has 3 N–H and O–H groups in total. The molecule has 4 heteroatoms. The highest BCUT2D eigenvalue weighted by atomic mass is 35.5. The van der Waals surface area contributed by atoms with E-state index in [1.165, 1.54) is 10.9 Å². The molecule has 17 heavy (non-hydrogen) atoms. The normalized spacial score (nSPS) is 13.1. The van der Waals surface area contributed by atoms with Gasteiger partial charge >= 0.3 is 0 Å². The Morgan fingerprint density at radius 2 is 2.29 bits per heavy atom. The van der Waals surface area contributed by atoms with Gasteiger partial charge in [0.05, 0.1) is 6.10 Å². The Kier molecular flexibility index (Phi) is 4.05. The topological polar surface area (TPSA) is 48.0 Å². The second-order valence-corrected chi connectivity index (χ2v) is 4.63. The van der Waals surface area contributed by atoms with Gasteiger partial charge in [-0.25, -0.2) is 0 Å². The number of aromatic amines is 1. The van der Waals surface area contributed by atoms with Crippen LogP contribution in [0.4, 0.5) is 0 Å². The van der Waals surface area contributed by atoms with Crippen molar-refractivity contribution in [2.24, 2.45) is 0 Å². The molecule has 1 aromatic heterocycles. The van der Waals surface area contributed by atoms with Crippen LogP contribution in [0.3, 0.4) is 0 Å². The molecule has 0 amide bonds. The molecular weight excluding hydrogens is 236 g/mol. The lowest BCUT2D eigenvalue weighted by molar-refractivity contribution is 0.167. The van der Waals surface area contributed by atoms with E-state index in [-0.39, 0.29) is 6.10 Å². The fourth-order valence-electron chi connectivity index (χ4n) is 1.82. The monoisotopic (exact) mass is 252 g/mol. The molecule has 1 unspecified atom stereocenters. The van der Waals surface area contributed by atoms with E-state index in [1.807, 2.05) is 31.3 Å². The summed E-state index contributed by atoms with van der Waals surface area (Å²) in [4.78, 5) is 3.19. The predicted octanol–water partition coefficient (Wildman–Crippen LogP) is 2.68. The van der Waals surface area contributed by atoms with Gasteiger partial charge in [0.2, 0.25) is 0 Å². The third-order valence-electron chi connectivity index (χ3n) is 2.90. The average Bonchev–Trinajstić information content (AvgIpc) is 2.71. The Hall–Kier alpha value is -1.03. The molecule has 0 aliphatic carbocycles. The summed E-state index contributed by atoms with van der Waals surface area (Å²) in [7, 11) is 0. The fraction of sp³-hybridized carbons (Fsp3) is 0.385. The van der Waals surface area contributed by atoms with E-state index in [9.17, 15) is 5.11 Å². The number of fused-ring (bicyclic) bond motifs is 1. The molecule has 1 heterocycles. The van der Waals surface area contributed by atoms with E-state index >= 15 is 0 Å². The third kappa shape index (κ3) is 3.00. The minimum Gasteiger partial charge on any atom is -0.392 e. The first-order valence-electron chi connectivity index (χ1n) is 5.85. The van der Waals surface area contributed by atoms with Gasteiger partial charge in [-0.3, -0.25) is 0 Å². The van der Waals surface area contributed by atoms with E-state index in [1.54, 1.807) is 0 Å². The summed E-state index contributed by atoms with van der Waals surface area (Å²) in [6.45, 7) is 3.34. The van der Waals surface area contributed by atoms with Crippen molar-refractivity contribution < 1.29 is 5.11 Å². The summed E-state index contributed by atoms with van der Waals surface area (Å²) in [5.74, 6) is 0. The zero-order valence-electron chi connectivity index (χ0n) is 9.83. The molecule has 0 spiro atoms. The van der Waals surface area contributed by atoms with Crippen molar-refractivity contribution in [1.29, 1.82) is 0 Å². The largest absolute Gasteiger partial charge is 0.392 e. The molecule has 1 aromatic carbocycles. The Morgan fingerprint density at radius 1 is 1.47 bits per heavy atom. The fourth-order valence-corrected chi connectivity index (χ4v) is 1.99. The van der Waals surface area contributed by atoms with Gasteiger partial charge in [0.1, 0.15) is 0 Å². The average molecular weight is 253 g/mol. The van der Waals surface area contributed by atoms with Gasteiger partial charge in [-0.1, -0.05) is 24.6 Å². The van der Waals surface area contributed by atoms with Crippen LogP contribution in [0.25, 0.3) is 10.9 Å². The number of aliphatic hydroxyl groups excluding tert-OH is 1. The second kappa shape index (κ2) is 5.54. The summed E-state index contributed by atoms with van der Waals surface area (Å²) >= 11 is 5.92. The zero-order chi connectivity index (χ0) is 12.3. The number of hydrogen-bond acceptors (Lipinski definition) is 2. The van der Waals surface area contributed by atoms with E-state index < -0.39 is 0 Å². The van der Waals surface area contributed by atoms with Crippen molar-refractivity contribution in [1.82, 2.24) is 10.3 Å². The van der Waals surface area contributed by atoms with Gasteiger partial charge in [-0.15, -0.1) is 0 Å². The summed E-state index contributed by atoms with van der Waals surface area (Å²) < 4.78 is 0. The van der Waals surface area contributed by atoms with Gasteiger partial charge in [0, 0.05) is 35.2 Å². The summed E-state index contributed by atoms with van der Waals surface area (Å²) in [5.41, 5.74) is 2.24. The minimum absolute atomic E-state index is 0.269. The van der Waals surface area contributed by atoms with Crippen LogP contribution in [0.1, 0.15) is 18.9 Å². The van der Waals surface area contributed by atoms with Crippen LogP contribution < -0.4 is 5.32 Å². The molecule has 0 fully saturated rings. The molecule has 2 aromatic rings. The molecule has 0 bridgehead atoms. The molecule has 0 saturated carbocycles. The number of halogens is 1. The molecule has 0 saturated heterocycles. The Morgan fingerprint density at radius 3 is 3.06 bits per heavy atom. The van der Waals surface area contributed by atoms with Crippen molar-refractivity contribution in [2.75, 3.05) is 6.54 Å².